The molecule has 1 aromatic rings. The Morgan fingerprint density at radius 1 is 1.44 bits per heavy atom. The second-order valence-electron chi connectivity index (χ2n) is 4.44. The molecule has 1 aromatic carbocycles. The van der Waals surface area contributed by atoms with Crippen LogP contribution in [0.25, 0.3) is 0 Å². The zero-order valence-corrected chi connectivity index (χ0v) is 9.79. The summed E-state index contributed by atoms with van der Waals surface area (Å²) in [7, 11) is 1.62. The molecule has 1 N–H and O–H groups in total. The number of ether oxygens (including phenoxy) is 1. The number of alkyl halides is 1. The molecule has 2 unspecified atom stereocenters. The van der Waals surface area contributed by atoms with Crippen LogP contribution in [0.15, 0.2) is 24.3 Å². The minimum absolute atomic E-state index is 0.613. The van der Waals surface area contributed by atoms with E-state index in [1.54, 1.807) is 7.11 Å². The number of halogens is 1. The molecule has 0 radical (unpaired) electrons. The predicted molar refractivity (Wildman–Crippen MR) is 62.5 cm³/mol. The summed E-state index contributed by atoms with van der Waals surface area (Å²) in [6.45, 7) is 2.77. The van der Waals surface area contributed by atoms with Crippen molar-refractivity contribution in [3.05, 3.63) is 29.8 Å². The average molecular weight is 223 g/mol. The molecule has 1 aliphatic heterocycles. The second-order valence-corrected chi connectivity index (χ2v) is 4.44. The highest BCUT2D eigenvalue weighted by Crippen LogP contribution is 2.37. The molecule has 1 heterocycles. The van der Waals surface area contributed by atoms with Gasteiger partial charge in [0, 0.05) is 5.56 Å². The minimum atomic E-state index is -0.863. The lowest BCUT2D eigenvalue weighted by Gasteiger charge is -2.39. The van der Waals surface area contributed by atoms with Crippen LogP contribution in [-0.2, 0) is 5.54 Å². The summed E-state index contributed by atoms with van der Waals surface area (Å²) in [6.07, 6.45) is 0.644. The first-order valence-electron chi connectivity index (χ1n) is 5.71. The molecule has 0 aliphatic carbocycles. The summed E-state index contributed by atoms with van der Waals surface area (Å²) in [5.74, 6) is 0.752. The zero-order chi connectivity index (χ0) is 11.6. The van der Waals surface area contributed by atoms with E-state index in [2.05, 4.69) is 5.32 Å². The highest BCUT2D eigenvalue weighted by Gasteiger charge is 2.39. The smallest absolute Gasteiger partial charge is 0.124 e. The number of methoxy groups -OCH3 is 1. The maximum absolute atomic E-state index is 14.1. The number of hydrogen-bond donors (Lipinski definition) is 1. The summed E-state index contributed by atoms with van der Waals surface area (Å²) >= 11 is 0. The Bertz CT molecular complexity index is 369. The quantitative estimate of drug-likeness (QED) is 0.832. The van der Waals surface area contributed by atoms with Crippen molar-refractivity contribution in [2.24, 2.45) is 0 Å². The third-order valence-corrected chi connectivity index (χ3v) is 3.42. The van der Waals surface area contributed by atoms with Crippen molar-refractivity contribution < 1.29 is 9.13 Å². The summed E-state index contributed by atoms with van der Waals surface area (Å²) in [6, 6.07) is 7.64. The van der Waals surface area contributed by atoms with Gasteiger partial charge in [-0.25, -0.2) is 4.39 Å². The number of hydrogen-bond acceptors (Lipinski definition) is 2. The van der Waals surface area contributed by atoms with Crippen molar-refractivity contribution in [3.63, 3.8) is 0 Å². The number of benzene rings is 1. The molecule has 2 rings (SSSR count). The standard InChI is InChI=1S/C13H18FNO/c1-13(12(14)8-5-9-15-13)10-6-3-4-7-11(10)16-2/h3-4,6-7,12,15H,5,8-9H2,1-2H3. The fourth-order valence-electron chi connectivity index (χ4n) is 2.37. The summed E-state index contributed by atoms with van der Waals surface area (Å²) < 4.78 is 19.4. The first-order valence-corrected chi connectivity index (χ1v) is 5.71. The topological polar surface area (TPSA) is 21.3 Å². The SMILES string of the molecule is COc1ccccc1C1(C)NCCCC1F. The van der Waals surface area contributed by atoms with Gasteiger partial charge in [-0.3, -0.25) is 0 Å². The maximum Gasteiger partial charge on any atom is 0.124 e. The molecule has 2 nitrogen and oxygen atoms in total. The van der Waals surface area contributed by atoms with Crippen LogP contribution < -0.4 is 10.1 Å². The fraction of sp³-hybridized carbons (Fsp3) is 0.538. The molecule has 1 fully saturated rings. The molecule has 88 valence electrons. The van der Waals surface area contributed by atoms with Gasteiger partial charge in [0.1, 0.15) is 11.9 Å². The second kappa shape index (κ2) is 4.42. The molecule has 2 atom stereocenters. The van der Waals surface area contributed by atoms with E-state index >= 15 is 0 Å². The van der Waals surface area contributed by atoms with E-state index in [1.807, 2.05) is 31.2 Å². The van der Waals surface area contributed by atoms with E-state index in [-0.39, 0.29) is 0 Å². The Kier molecular flexibility index (Phi) is 3.15. The van der Waals surface area contributed by atoms with Crippen LogP contribution in [0.3, 0.4) is 0 Å². The Balaban J connectivity index is 2.40. The van der Waals surface area contributed by atoms with E-state index in [0.29, 0.717) is 6.42 Å². The molecule has 1 aliphatic rings. The van der Waals surface area contributed by atoms with Gasteiger partial charge in [0.2, 0.25) is 0 Å². The number of para-hydroxylation sites is 1. The number of piperidine rings is 1. The molecule has 0 spiro atoms. The van der Waals surface area contributed by atoms with Gasteiger partial charge in [-0.05, 0) is 32.4 Å². The van der Waals surface area contributed by atoms with E-state index in [1.165, 1.54) is 0 Å². The first kappa shape index (κ1) is 11.4. The lowest BCUT2D eigenvalue weighted by Crippen LogP contribution is -2.51. The van der Waals surface area contributed by atoms with Gasteiger partial charge in [0.25, 0.3) is 0 Å². The van der Waals surface area contributed by atoms with E-state index in [4.69, 9.17) is 4.74 Å². The van der Waals surface area contributed by atoms with Gasteiger partial charge in [0.05, 0.1) is 12.6 Å². The molecule has 0 aromatic heterocycles. The van der Waals surface area contributed by atoms with Crippen LogP contribution in [0.2, 0.25) is 0 Å². The summed E-state index contributed by atoms with van der Waals surface area (Å²) in [5, 5.41) is 3.28. The van der Waals surface area contributed by atoms with E-state index in [0.717, 1.165) is 24.3 Å². The Morgan fingerprint density at radius 2 is 2.19 bits per heavy atom. The van der Waals surface area contributed by atoms with Crippen molar-refractivity contribution in [1.29, 1.82) is 0 Å². The van der Waals surface area contributed by atoms with Crippen LogP contribution in [0.4, 0.5) is 4.39 Å². The third-order valence-electron chi connectivity index (χ3n) is 3.42. The van der Waals surface area contributed by atoms with Crippen LogP contribution in [-0.4, -0.2) is 19.8 Å². The van der Waals surface area contributed by atoms with Gasteiger partial charge in [-0.15, -0.1) is 0 Å². The summed E-state index contributed by atoms with van der Waals surface area (Å²) in [4.78, 5) is 0. The first-order chi connectivity index (χ1) is 7.68. The van der Waals surface area contributed by atoms with Crippen LogP contribution in [0.1, 0.15) is 25.3 Å². The molecule has 0 bridgehead atoms. The molecule has 0 amide bonds. The molecule has 1 saturated heterocycles. The van der Waals surface area contributed by atoms with Gasteiger partial charge >= 0.3 is 0 Å². The van der Waals surface area contributed by atoms with Crippen LogP contribution in [0, 0.1) is 0 Å². The highest BCUT2D eigenvalue weighted by molar-refractivity contribution is 5.40. The predicted octanol–water partition coefficient (Wildman–Crippen LogP) is 2.63. The lowest BCUT2D eigenvalue weighted by atomic mass is 9.82. The Labute approximate surface area is 95.8 Å². The van der Waals surface area contributed by atoms with Gasteiger partial charge in [0.15, 0.2) is 0 Å². The zero-order valence-electron chi connectivity index (χ0n) is 9.79. The van der Waals surface area contributed by atoms with E-state index in [9.17, 15) is 4.39 Å². The normalized spacial score (nSPS) is 30.1. The lowest BCUT2D eigenvalue weighted by molar-refractivity contribution is 0.118. The average Bonchev–Trinajstić information content (AvgIpc) is 2.33. The third kappa shape index (κ3) is 1.80. The molecule has 16 heavy (non-hydrogen) atoms. The highest BCUT2D eigenvalue weighted by atomic mass is 19.1. The molecule has 0 saturated carbocycles. The Hall–Kier alpha value is -1.09. The van der Waals surface area contributed by atoms with Crippen molar-refractivity contribution >= 4 is 0 Å². The van der Waals surface area contributed by atoms with Gasteiger partial charge < -0.3 is 10.1 Å². The monoisotopic (exact) mass is 223 g/mol. The minimum Gasteiger partial charge on any atom is -0.496 e. The molecule has 3 heteroatoms. The Morgan fingerprint density at radius 3 is 2.88 bits per heavy atom. The van der Waals surface area contributed by atoms with Crippen molar-refractivity contribution in [2.45, 2.75) is 31.5 Å². The van der Waals surface area contributed by atoms with E-state index < -0.39 is 11.7 Å². The number of nitrogens with one attached hydrogen (secondary N) is 1. The van der Waals surface area contributed by atoms with Crippen LogP contribution in [0.5, 0.6) is 5.75 Å². The van der Waals surface area contributed by atoms with Gasteiger partial charge in [-0.1, -0.05) is 18.2 Å². The number of rotatable bonds is 2. The largest absolute Gasteiger partial charge is 0.496 e. The molecular formula is C13H18FNO. The van der Waals surface area contributed by atoms with Crippen molar-refractivity contribution in [2.75, 3.05) is 13.7 Å². The fourth-order valence-corrected chi connectivity index (χ4v) is 2.37. The van der Waals surface area contributed by atoms with Crippen molar-refractivity contribution in [1.82, 2.24) is 5.32 Å². The van der Waals surface area contributed by atoms with Crippen molar-refractivity contribution in [3.8, 4) is 5.75 Å². The maximum atomic E-state index is 14.1. The summed E-state index contributed by atoms with van der Waals surface area (Å²) in [5.41, 5.74) is 0.287. The molecular weight excluding hydrogens is 205 g/mol. The van der Waals surface area contributed by atoms with Gasteiger partial charge in [-0.2, -0.15) is 0 Å². The van der Waals surface area contributed by atoms with Crippen LogP contribution >= 0.6 is 0 Å².